The number of unbranched alkanes of at least 4 members (excludes halogenated alkanes) is 17. The molecule has 9 heteroatoms. The summed E-state index contributed by atoms with van der Waals surface area (Å²) in [6, 6.07) is 0. The Bertz CT molecular complexity index is 1080. The fourth-order valence-electron chi connectivity index (χ4n) is 5.87. The topological polar surface area (TPSA) is 91.3 Å². The minimum atomic E-state index is -4.28. The van der Waals surface area contributed by atoms with E-state index in [9.17, 15) is 14.3 Å². The van der Waals surface area contributed by atoms with Crippen LogP contribution in [0.25, 0.3) is 0 Å². The molecular formula is C47H87NO7P+. The van der Waals surface area contributed by atoms with Gasteiger partial charge in [-0.25, -0.2) is 4.57 Å². The molecule has 1 N–H and O–H groups in total. The number of carbonyl (C=O) groups is 1. The molecule has 0 aromatic rings. The Hall–Kier alpha value is -1.80. The van der Waals surface area contributed by atoms with Gasteiger partial charge >= 0.3 is 13.8 Å². The Balaban J connectivity index is 4.27. The molecule has 0 aromatic heterocycles. The minimum Gasteiger partial charge on any atom is -0.457 e. The average molecular weight is 809 g/mol. The molecule has 2 unspecified atom stereocenters. The Labute approximate surface area is 345 Å². The summed E-state index contributed by atoms with van der Waals surface area (Å²) in [6.07, 6.45) is 49.7. The molecule has 0 rings (SSSR count). The van der Waals surface area contributed by atoms with Gasteiger partial charge < -0.3 is 18.9 Å². The first-order valence-corrected chi connectivity index (χ1v) is 24.0. The number of allylic oxidation sites excluding steroid dienone is 10. The van der Waals surface area contributed by atoms with Crippen molar-refractivity contribution in [3.05, 3.63) is 60.8 Å². The Morgan fingerprint density at radius 1 is 0.571 bits per heavy atom. The molecular weight excluding hydrogens is 721 g/mol. The van der Waals surface area contributed by atoms with Crippen LogP contribution in [0.15, 0.2) is 60.8 Å². The van der Waals surface area contributed by atoms with E-state index in [-0.39, 0.29) is 25.8 Å². The Kier molecular flexibility index (Phi) is 38.7. The lowest BCUT2D eigenvalue weighted by molar-refractivity contribution is -0.870. The first-order chi connectivity index (χ1) is 27.1. The average Bonchev–Trinajstić information content (AvgIpc) is 3.15. The summed E-state index contributed by atoms with van der Waals surface area (Å²) in [5.41, 5.74) is 0. The third-order valence-electron chi connectivity index (χ3n) is 9.34. The van der Waals surface area contributed by atoms with Crippen molar-refractivity contribution in [2.45, 2.75) is 180 Å². The maximum Gasteiger partial charge on any atom is 0.472 e. The van der Waals surface area contributed by atoms with Gasteiger partial charge in [-0.3, -0.25) is 13.8 Å². The van der Waals surface area contributed by atoms with Crippen LogP contribution in [0.2, 0.25) is 0 Å². The number of hydrogen-bond acceptors (Lipinski definition) is 6. The van der Waals surface area contributed by atoms with Crippen molar-refractivity contribution < 1.29 is 37.3 Å². The van der Waals surface area contributed by atoms with Crippen LogP contribution in [0.5, 0.6) is 0 Å². The standard InChI is InChI=1S/C47H86NO7P/c1-6-8-10-12-14-16-18-20-22-23-24-25-26-27-29-31-33-35-37-39-42-52-44-46(45-54-56(50,51)53-43-41-48(3,4)5)55-47(49)40-38-36-34-32-30-28-21-19-17-15-13-11-9-7-2/h8,10,14,16,20,22,24-25,27,29,46H,6-7,9,11-13,15,17-19,21,23,26,28,30-45H2,1-5H3/p+1/b10-8-,16-14-,22-20-,25-24-,29-27-. The molecule has 0 aliphatic heterocycles. The first kappa shape index (κ1) is 54.2. The SMILES string of the molecule is CC/C=C\C/C=C\C/C=C\C/C=C\C/C=C\CCCCCCOCC(COP(=O)(O)OCC[N+](C)(C)C)OC(=O)CCCCCCCCCCCCCCCC. The van der Waals surface area contributed by atoms with Gasteiger partial charge in [0.05, 0.1) is 34.4 Å². The second-order valence-corrected chi connectivity index (χ2v) is 17.5. The number of phosphoric ester groups is 1. The molecule has 0 aromatic carbocycles. The molecule has 2 atom stereocenters. The fraction of sp³-hybridized carbons (Fsp3) is 0.766. The lowest BCUT2D eigenvalue weighted by Gasteiger charge is -2.24. The van der Waals surface area contributed by atoms with Crippen LogP contribution in [0.3, 0.4) is 0 Å². The molecule has 0 bridgehead atoms. The van der Waals surface area contributed by atoms with E-state index in [4.69, 9.17) is 18.5 Å². The maximum atomic E-state index is 12.7. The van der Waals surface area contributed by atoms with Crippen LogP contribution >= 0.6 is 7.82 Å². The normalized spacial score (nSPS) is 14.3. The lowest BCUT2D eigenvalue weighted by Crippen LogP contribution is -2.37. The summed E-state index contributed by atoms with van der Waals surface area (Å²) in [4.78, 5) is 22.9. The van der Waals surface area contributed by atoms with Gasteiger partial charge in [-0.05, 0) is 57.8 Å². The predicted octanol–water partition coefficient (Wildman–Crippen LogP) is 13.3. The highest BCUT2D eigenvalue weighted by molar-refractivity contribution is 7.47. The number of quaternary nitrogens is 1. The molecule has 8 nitrogen and oxygen atoms in total. The minimum absolute atomic E-state index is 0.0818. The van der Waals surface area contributed by atoms with Gasteiger partial charge in [0.25, 0.3) is 0 Å². The van der Waals surface area contributed by atoms with Crippen molar-refractivity contribution in [1.29, 1.82) is 0 Å². The monoisotopic (exact) mass is 809 g/mol. The Morgan fingerprint density at radius 2 is 1.04 bits per heavy atom. The molecule has 0 saturated heterocycles. The molecule has 0 fully saturated rings. The summed E-state index contributed by atoms with van der Waals surface area (Å²) < 4.78 is 35.0. The number of phosphoric acid groups is 1. The van der Waals surface area contributed by atoms with Crippen LogP contribution in [0.1, 0.15) is 174 Å². The largest absolute Gasteiger partial charge is 0.472 e. The van der Waals surface area contributed by atoms with Crippen molar-refractivity contribution in [3.8, 4) is 0 Å². The Morgan fingerprint density at radius 3 is 1.55 bits per heavy atom. The second-order valence-electron chi connectivity index (χ2n) is 16.1. The van der Waals surface area contributed by atoms with Crippen LogP contribution < -0.4 is 0 Å². The lowest BCUT2D eigenvalue weighted by atomic mass is 10.0. The molecule has 0 saturated carbocycles. The zero-order valence-electron chi connectivity index (χ0n) is 36.9. The number of rotatable bonds is 41. The highest BCUT2D eigenvalue weighted by atomic mass is 31.2. The summed E-state index contributed by atoms with van der Waals surface area (Å²) in [7, 11) is 1.64. The molecule has 0 heterocycles. The van der Waals surface area contributed by atoms with Gasteiger partial charge in [-0.15, -0.1) is 0 Å². The molecule has 0 spiro atoms. The van der Waals surface area contributed by atoms with Crippen LogP contribution in [0, 0.1) is 0 Å². The van der Waals surface area contributed by atoms with E-state index in [0.29, 0.717) is 24.1 Å². The second kappa shape index (κ2) is 40.0. The van der Waals surface area contributed by atoms with Gasteiger partial charge in [0, 0.05) is 13.0 Å². The van der Waals surface area contributed by atoms with Crippen molar-refractivity contribution in [2.24, 2.45) is 0 Å². The highest BCUT2D eigenvalue weighted by Gasteiger charge is 2.26. The summed E-state index contributed by atoms with van der Waals surface area (Å²) in [5, 5.41) is 0. The zero-order valence-corrected chi connectivity index (χ0v) is 37.7. The van der Waals surface area contributed by atoms with E-state index >= 15 is 0 Å². The zero-order chi connectivity index (χ0) is 41.3. The van der Waals surface area contributed by atoms with Gasteiger partial charge in [-0.2, -0.15) is 0 Å². The number of ether oxygens (including phenoxy) is 2. The quantitative estimate of drug-likeness (QED) is 0.0216. The van der Waals surface area contributed by atoms with Crippen molar-refractivity contribution in [3.63, 3.8) is 0 Å². The number of esters is 1. The summed E-state index contributed by atoms with van der Waals surface area (Å²) >= 11 is 0. The summed E-state index contributed by atoms with van der Waals surface area (Å²) in [6.45, 7) is 5.45. The molecule has 56 heavy (non-hydrogen) atoms. The van der Waals surface area contributed by atoms with E-state index in [1.54, 1.807) is 0 Å². The van der Waals surface area contributed by atoms with E-state index in [0.717, 1.165) is 83.5 Å². The number of carbonyl (C=O) groups excluding carboxylic acids is 1. The van der Waals surface area contributed by atoms with Crippen molar-refractivity contribution in [2.75, 3.05) is 54.1 Å². The van der Waals surface area contributed by atoms with Gasteiger partial charge in [0.1, 0.15) is 19.3 Å². The molecule has 0 aliphatic carbocycles. The number of nitrogens with zero attached hydrogens (tertiary/aromatic N) is 1. The molecule has 0 radical (unpaired) electrons. The fourth-order valence-corrected chi connectivity index (χ4v) is 6.61. The van der Waals surface area contributed by atoms with Gasteiger partial charge in [0.2, 0.25) is 0 Å². The third-order valence-corrected chi connectivity index (χ3v) is 10.3. The predicted molar refractivity (Wildman–Crippen MR) is 238 cm³/mol. The highest BCUT2D eigenvalue weighted by Crippen LogP contribution is 2.43. The molecule has 0 aliphatic rings. The van der Waals surface area contributed by atoms with E-state index in [1.165, 1.54) is 70.6 Å². The van der Waals surface area contributed by atoms with Crippen LogP contribution in [0.4, 0.5) is 0 Å². The summed E-state index contributed by atoms with van der Waals surface area (Å²) in [5.74, 6) is -0.324. The smallest absolute Gasteiger partial charge is 0.457 e. The number of likely N-dealkylation sites (N-methyl/N-ethyl adjacent to an activating group) is 1. The van der Waals surface area contributed by atoms with Crippen molar-refractivity contribution in [1.82, 2.24) is 0 Å². The van der Waals surface area contributed by atoms with E-state index in [1.807, 2.05) is 21.1 Å². The van der Waals surface area contributed by atoms with E-state index in [2.05, 4.69) is 74.6 Å². The molecule has 0 amide bonds. The first-order valence-electron chi connectivity index (χ1n) is 22.5. The van der Waals surface area contributed by atoms with E-state index < -0.39 is 13.9 Å². The van der Waals surface area contributed by atoms with Crippen LogP contribution in [-0.4, -0.2) is 75.6 Å². The van der Waals surface area contributed by atoms with Crippen molar-refractivity contribution >= 4 is 13.8 Å². The van der Waals surface area contributed by atoms with Gasteiger partial charge in [-0.1, -0.05) is 171 Å². The van der Waals surface area contributed by atoms with Gasteiger partial charge in [0.15, 0.2) is 0 Å². The maximum absolute atomic E-state index is 12.7. The third kappa shape index (κ3) is 43.3. The van der Waals surface area contributed by atoms with Crippen LogP contribution in [-0.2, 0) is 27.9 Å². The number of hydrogen-bond donors (Lipinski definition) is 1. The molecule has 326 valence electrons.